The molecule has 1 aliphatic heterocycles. The highest BCUT2D eigenvalue weighted by Gasteiger charge is 2.74. The quantitative estimate of drug-likeness (QED) is 0.854. The summed E-state index contributed by atoms with van der Waals surface area (Å²) in [6.45, 7) is 2.25. The van der Waals surface area contributed by atoms with Gasteiger partial charge in [0.25, 0.3) is 0 Å². The molecule has 1 aliphatic carbocycles. The lowest BCUT2D eigenvalue weighted by molar-refractivity contribution is -0.184. The first-order valence-corrected chi connectivity index (χ1v) is 7.07. The normalized spacial score (nSPS) is 27.1. The van der Waals surface area contributed by atoms with Crippen LogP contribution in [0.4, 0.5) is 19.0 Å². The number of alkyl halides is 3. The molecular formula is C14H14F3N5. The van der Waals surface area contributed by atoms with Crippen LogP contribution in [0.2, 0.25) is 0 Å². The molecule has 1 saturated carbocycles. The predicted octanol–water partition coefficient (Wildman–Crippen LogP) is 2.36. The molecule has 2 aromatic rings. The molecule has 0 N–H and O–H groups in total. The molecule has 2 fully saturated rings. The van der Waals surface area contributed by atoms with Crippen LogP contribution in [0.3, 0.4) is 0 Å². The lowest BCUT2D eigenvalue weighted by Crippen LogP contribution is -2.33. The fourth-order valence-electron chi connectivity index (χ4n) is 3.25. The largest absolute Gasteiger partial charge is 0.396 e. The molecule has 2 unspecified atom stereocenters. The van der Waals surface area contributed by atoms with Crippen LogP contribution in [-0.2, 0) is 0 Å². The van der Waals surface area contributed by atoms with E-state index in [1.807, 2.05) is 13.0 Å². The standard InChI is InChI=1S/C14H14F3N5/c1-9-4-5-22(20-9)12-3-2-11(18-19-12)21-7-10-6-13(10,8-21)14(15,16)17/h2-5,10H,6-8H2,1H3. The molecule has 2 atom stereocenters. The third-order valence-corrected chi connectivity index (χ3v) is 4.63. The Bertz CT molecular complexity index is 708. The van der Waals surface area contributed by atoms with Gasteiger partial charge in [-0.1, -0.05) is 0 Å². The third-order valence-electron chi connectivity index (χ3n) is 4.63. The number of aromatic nitrogens is 4. The number of aryl methyl sites for hydroxylation is 1. The molecule has 0 amide bonds. The van der Waals surface area contributed by atoms with E-state index in [2.05, 4.69) is 15.3 Å². The van der Waals surface area contributed by atoms with E-state index in [4.69, 9.17) is 0 Å². The lowest BCUT2D eigenvalue weighted by Gasteiger charge is -2.23. The first-order chi connectivity index (χ1) is 10.4. The van der Waals surface area contributed by atoms with Crippen LogP contribution in [-0.4, -0.2) is 39.2 Å². The molecule has 1 saturated heterocycles. The van der Waals surface area contributed by atoms with Crippen LogP contribution in [0.1, 0.15) is 12.1 Å². The van der Waals surface area contributed by atoms with Crippen molar-refractivity contribution in [3.63, 3.8) is 0 Å². The van der Waals surface area contributed by atoms with E-state index < -0.39 is 11.6 Å². The van der Waals surface area contributed by atoms with Crippen molar-refractivity contribution in [3.8, 4) is 5.82 Å². The van der Waals surface area contributed by atoms with Gasteiger partial charge in [0.15, 0.2) is 11.6 Å². The summed E-state index contributed by atoms with van der Waals surface area (Å²) < 4.78 is 40.9. The smallest absolute Gasteiger partial charge is 0.354 e. The van der Waals surface area contributed by atoms with Gasteiger partial charge in [0, 0.05) is 19.3 Å². The van der Waals surface area contributed by atoms with Crippen molar-refractivity contribution in [2.45, 2.75) is 19.5 Å². The zero-order valence-electron chi connectivity index (χ0n) is 11.9. The molecule has 0 aromatic carbocycles. The zero-order valence-corrected chi connectivity index (χ0v) is 11.9. The van der Waals surface area contributed by atoms with Crippen LogP contribution < -0.4 is 4.90 Å². The van der Waals surface area contributed by atoms with Crippen molar-refractivity contribution >= 4 is 5.82 Å². The molecule has 5 nitrogen and oxygen atoms in total. The van der Waals surface area contributed by atoms with Gasteiger partial charge in [-0.05, 0) is 37.5 Å². The minimum absolute atomic E-state index is 0.0178. The van der Waals surface area contributed by atoms with E-state index in [0.717, 1.165) is 5.69 Å². The Morgan fingerprint density at radius 2 is 1.91 bits per heavy atom. The van der Waals surface area contributed by atoms with Gasteiger partial charge in [0.05, 0.1) is 11.1 Å². The van der Waals surface area contributed by atoms with Gasteiger partial charge in [-0.3, -0.25) is 0 Å². The molecule has 0 bridgehead atoms. The number of piperidine rings is 1. The van der Waals surface area contributed by atoms with Crippen molar-refractivity contribution in [3.05, 3.63) is 30.1 Å². The summed E-state index contributed by atoms with van der Waals surface area (Å²) >= 11 is 0. The van der Waals surface area contributed by atoms with Crippen LogP contribution >= 0.6 is 0 Å². The molecule has 3 heterocycles. The molecule has 8 heteroatoms. The average Bonchev–Trinajstić information content (AvgIpc) is 2.83. The van der Waals surface area contributed by atoms with Crippen molar-refractivity contribution < 1.29 is 13.2 Å². The summed E-state index contributed by atoms with van der Waals surface area (Å²) in [4.78, 5) is 1.67. The second kappa shape index (κ2) is 4.21. The summed E-state index contributed by atoms with van der Waals surface area (Å²) in [5.74, 6) is 0.734. The molecule has 2 aromatic heterocycles. The van der Waals surface area contributed by atoms with Gasteiger partial charge >= 0.3 is 6.18 Å². The van der Waals surface area contributed by atoms with Gasteiger partial charge in [0.1, 0.15) is 0 Å². The topological polar surface area (TPSA) is 46.8 Å². The summed E-state index contributed by atoms with van der Waals surface area (Å²) in [6.07, 6.45) is -2.12. The second-order valence-electron chi connectivity index (χ2n) is 6.09. The summed E-state index contributed by atoms with van der Waals surface area (Å²) in [6, 6.07) is 5.27. The highest BCUT2D eigenvalue weighted by atomic mass is 19.4. The molecule has 22 heavy (non-hydrogen) atoms. The third kappa shape index (κ3) is 1.89. The molecular weight excluding hydrogens is 295 g/mol. The first kappa shape index (κ1) is 13.5. The van der Waals surface area contributed by atoms with E-state index in [1.165, 1.54) is 0 Å². The number of rotatable bonds is 2. The Hall–Kier alpha value is -2.12. The molecule has 2 aliphatic rings. The Kier molecular flexibility index (Phi) is 2.59. The van der Waals surface area contributed by atoms with E-state index in [-0.39, 0.29) is 18.9 Å². The molecule has 0 radical (unpaired) electrons. The second-order valence-corrected chi connectivity index (χ2v) is 6.09. The van der Waals surface area contributed by atoms with Crippen LogP contribution in [0.5, 0.6) is 0 Å². The van der Waals surface area contributed by atoms with Crippen LogP contribution in [0, 0.1) is 18.3 Å². The van der Waals surface area contributed by atoms with Gasteiger partial charge in [-0.15, -0.1) is 10.2 Å². The number of halogens is 3. The molecule has 4 rings (SSSR count). The highest BCUT2D eigenvalue weighted by Crippen LogP contribution is 2.66. The summed E-state index contributed by atoms with van der Waals surface area (Å²) in [5.41, 5.74) is -0.662. The van der Waals surface area contributed by atoms with Gasteiger partial charge in [0.2, 0.25) is 0 Å². The van der Waals surface area contributed by atoms with Crippen LogP contribution in [0.25, 0.3) is 5.82 Å². The fraction of sp³-hybridized carbons (Fsp3) is 0.500. The number of hydrogen-bond donors (Lipinski definition) is 0. The molecule has 0 spiro atoms. The predicted molar refractivity (Wildman–Crippen MR) is 72.7 cm³/mol. The van der Waals surface area contributed by atoms with Crippen molar-refractivity contribution in [2.75, 3.05) is 18.0 Å². The average molecular weight is 309 g/mol. The van der Waals surface area contributed by atoms with E-state index in [9.17, 15) is 13.2 Å². The van der Waals surface area contributed by atoms with Gasteiger partial charge in [-0.2, -0.15) is 18.3 Å². The Morgan fingerprint density at radius 1 is 1.18 bits per heavy atom. The van der Waals surface area contributed by atoms with E-state index in [1.54, 1.807) is 27.9 Å². The highest BCUT2D eigenvalue weighted by molar-refractivity contribution is 5.44. The first-order valence-electron chi connectivity index (χ1n) is 7.07. The number of nitrogens with zero attached hydrogens (tertiary/aromatic N) is 5. The summed E-state index contributed by atoms with van der Waals surface area (Å²) in [5, 5.41) is 12.3. The van der Waals surface area contributed by atoms with Crippen molar-refractivity contribution in [1.29, 1.82) is 0 Å². The van der Waals surface area contributed by atoms with E-state index >= 15 is 0 Å². The number of fused-ring (bicyclic) bond motifs is 1. The maximum absolute atomic E-state index is 13.1. The Balaban J connectivity index is 1.53. The van der Waals surface area contributed by atoms with Gasteiger partial charge < -0.3 is 4.90 Å². The fourth-order valence-corrected chi connectivity index (χ4v) is 3.25. The van der Waals surface area contributed by atoms with E-state index in [0.29, 0.717) is 18.2 Å². The van der Waals surface area contributed by atoms with Crippen molar-refractivity contribution in [2.24, 2.45) is 11.3 Å². The molecule has 116 valence electrons. The zero-order chi connectivity index (χ0) is 15.5. The lowest BCUT2D eigenvalue weighted by atomic mass is 10.1. The number of hydrogen-bond acceptors (Lipinski definition) is 4. The number of anilines is 1. The monoisotopic (exact) mass is 309 g/mol. The van der Waals surface area contributed by atoms with Gasteiger partial charge in [-0.25, -0.2) is 4.68 Å². The minimum atomic E-state index is -4.13. The Labute approximate surface area is 124 Å². The SMILES string of the molecule is Cc1ccn(-c2ccc(N3CC4CC4(C(F)(F)F)C3)nn2)n1. The maximum atomic E-state index is 13.1. The maximum Gasteiger partial charge on any atom is 0.396 e. The van der Waals surface area contributed by atoms with Crippen molar-refractivity contribution in [1.82, 2.24) is 20.0 Å². The Morgan fingerprint density at radius 3 is 2.45 bits per heavy atom. The summed E-state index contributed by atoms with van der Waals surface area (Å²) in [7, 11) is 0. The van der Waals surface area contributed by atoms with Crippen LogP contribution in [0.15, 0.2) is 24.4 Å². The minimum Gasteiger partial charge on any atom is -0.354 e.